The van der Waals surface area contributed by atoms with E-state index < -0.39 is 17.7 Å². The fraction of sp³-hybridized carbons (Fsp3) is 0.357. The SMILES string of the molecule is Cc1cn(-c2ccc3n(c2=O)CC(C)N(C(C)c2cn(C(=O)OC(C)(C)C)c4ccc(Cl)cc24)C3=O)cn1. The van der Waals surface area contributed by atoms with E-state index in [1.807, 2.05) is 41.5 Å². The Kier molecular flexibility index (Phi) is 6.22. The summed E-state index contributed by atoms with van der Waals surface area (Å²) < 4.78 is 10.3. The Hall–Kier alpha value is -3.85. The second kappa shape index (κ2) is 9.16. The van der Waals surface area contributed by atoms with Gasteiger partial charge in [0.15, 0.2) is 0 Å². The van der Waals surface area contributed by atoms with Crippen molar-refractivity contribution in [2.24, 2.45) is 0 Å². The van der Waals surface area contributed by atoms with Gasteiger partial charge in [0.25, 0.3) is 11.5 Å². The smallest absolute Gasteiger partial charge is 0.419 e. The summed E-state index contributed by atoms with van der Waals surface area (Å²) in [5.41, 5.74) is 2.02. The predicted molar refractivity (Wildman–Crippen MR) is 145 cm³/mol. The van der Waals surface area contributed by atoms with Crippen LogP contribution in [0, 0.1) is 6.92 Å². The third-order valence-electron chi connectivity index (χ3n) is 6.77. The van der Waals surface area contributed by atoms with E-state index in [4.69, 9.17) is 16.3 Å². The first-order valence-electron chi connectivity index (χ1n) is 12.5. The van der Waals surface area contributed by atoms with Gasteiger partial charge in [-0.05, 0) is 71.9 Å². The molecule has 0 saturated heterocycles. The zero-order valence-corrected chi connectivity index (χ0v) is 23.0. The highest BCUT2D eigenvalue weighted by Crippen LogP contribution is 2.35. The monoisotopic (exact) mass is 535 g/mol. The molecular formula is C28H30ClN5O4. The number of imidazole rings is 1. The Morgan fingerprint density at radius 2 is 1.89 bits per heavy atom. The van der Waals surface area contributed by atoms with Crippen LogP contribution < -0.4 is 5.56 Å². The second-order valence-electron chi connectivity index (χ2n) is 10.8. The Bertz CT molecular complexity index is 1640. The van der Waals surface area contributed by atoms with Gasteiger partial charge in [0.2, 0.25) is 0 Å². The van der Waals surface area contributed by atoms with E-state index in [0.29, 0.717) is 28.5 Å². The van der Waals surface area contributed by atoms with Crippen LogP contribution >= 0.6 is 11.6 Å². The van der Waals surface area contributed by atoms with E-state index >= 15 is 0 Å². The summed E-state index contributed by atoms with van der Waals surface area (Å²) in [6.07, 6.45) is 4.57. The van der Waals surface area contributed by atoms with E-state index in [9.17, 15) is 14.4 Å². The van der Waals surface area contributed by atoms with Gasteiger partial charge in [-0.1, -0.05) is 11.6 Å². The number of pyridine rings is 1. The average molecular weight is 536 g/mol. The van der Waals surface area contributed by atoms with Crippen LogP contribution in [0.5, 0.6) is 0 Å². The first-order valence-corrected chi connectivity index (χ1v) is 12.8. The number of amides is 1. The van der Waals surface area contributed by atoms with E-state index in [-0.39, 0.29) is 17.5 Å². The highest BCUT2D eigenvalue weighted by Gasteiger charge is 2.36. The minimum absolute atomic E-state index is 0.249. The zero-order chi connectivity index (χ0) is 27.5. The second-order valence-corrected chi connectivity index (χ2v) is 11.2. The molecule has 38 heavy (non-hydrogen) atoms. The Labute approximate surface area is 225 Å². The Morgan fingerprint density at radius 3 is 2.55 bits per heavy atom. The fourth-order valence-corrected chi connectivity index (χ4v) is 5.27. The van der Waals surface area contributed by atoms with Gasteiger partial charge in [0.05, 0.1) is 23.6 Å². The number of hydrogen-bond acceptors (Lipinski definition) is 5. The molecule has 2 unspecified atom stereocenters. The van der Waals surface area contributed by atoms with Crippen molar-refractivity contribution in [3.63, 3.8) is 0 Å². The lowest BCUT2D eigenvalue weighted by molar-refractivity contribution is 0.0511. The maximum Gasteiger partial charge on any atom is 0.419 e. The minimum Gasteiger partial charge on any atom is -0.443 e. The van der Waals surface area contributed by atoms with Crippen molar-refractivity contribution >= 4 is 34.5 Å². The summed E-state index contributed by atoms with van der Waals surface area (Å²) in [5.74, 6) is -0.262. The van der Waals surface area contributed by atoms with Gasteiger partial charge in [0.1, 0.15) is 17.0 Å². The molecule has 1 aliphatic heterocycles. The molecule has 5 rings (SSSR count). The van der Waals surface area contributed by atoms with Crippen molar-refractivity contribution in [3.8, 4) is 5.69 Å². The molecule has 4 heterocycles. The van der Waals surface area contributed by atoms with Gasteiger partial charge in [-0.2, -0.15) is 0 Å². The standard InChI is InChI=1S/C28H30ClN5O4/c1-16-12-31(15-30-16)23-9-10-24-26(36)34(17(2)13-32(24)25(23)35)18(3)21-14-33(27(37)38-28(4,5)6)22-8-7-19(29)11-20(21)22/h7-12,14-15,17-18H,13H2,1-6H3. The molecule has 0 spiro atoms. The molecule has 0 fully saturated rings. The van der Waals surface area contributed by atoms with Crippen LogP contribution in [0.4, 0.5) is 4.79 Å². The number of aryl methyl sites for hydroxylation is 1. The normalized spacial score (nSPS) is 16.6. The van der Waals surface area contributed by atoms with Crippen molar-refractivity contribution in [1.82, 2.24) is 23.6 Å². The molecule has 1 amide bonds. The van der Waals surface area contributed by atoms with Crippen molar-refractivity contribution in [2.75, 3.05) is 0 Å². The number of fused-ring (bicyclic) bond motifs is 2. The molecule has 3 aromatic heterocycles. The molecule has 0 bridgehead atoms. The minimum atomic E-state index is -0.672. The third-order valence-corrected chi connectivity index (χ3v) is 7.01. The molecule has 1 aromatic carbocycles. The number of hydrogen-bond donors (Lipinski definition) is 0. The third kappa shape index (κ3) is 4.41. The molecule has 1 aliphatic rings. The molecule has 0 saturated carbocycles. The molecule has 4 aromatic rings. The number of benzene rings is 1. The fourth-order valence-electron chi connectivity index (χ4n) is 5.10. The summed E-state index contributed by atoms with van der Waals surface area (Å²) in [5, 5.41) is 1.27. The van der Waals surface area contributed by atoms with Gasteiger partial charge in [0, 0.05) is 41.0 Å². The molecule has 0 aliphatic carbocycles. The summed E-state index contributed by atoms with van der Waals surface area (Å²) >= 11 is 6.33. The van der Waals surface area contributed by atoms with Gasteiger partial charge >= 0.3 is 6.09 Å². The van der Waals surface area contributed by atoms with Gasteiger partial charge < -0.3 is 18.8 Å². The van der Waals surface area contributed by atoms with Crippen molar-refractivity contribution in [1.29, 1.82) is 0 Å². The van der Waals surface area contributed by atoms with Crippen LogP contribution in [0.1, 0.15) is 62.4 Å². The first kappa shape index (κ1) is 25.8. The molecule has 9 nitrogen and oxygen atoms in total. The molecule has 0 radical (unpaired) electrons. The summed E-state index contributed by atoms with van der Waals surface area (Å²) in [7, 11) is 0. The van der Waals surface area contributed by atoms with Crippen LogP contribution in [-0.2, 0) is 11.3 Å². The number of ether oxygens (including phenoxy) is 1. The quantitative estimate of drug-likeness (QED) is 0.353. The predicted octanol–water partition coefficient (Wildman–Crippen LogP) is 5.34. The average Bonchev–Trinajstić information content (AvgIpc) is 3.42. The van der Waals surface area contributed by atoms with Crippen LogP contribution in [0.3, 0.4) is 0 Å². The lowest BCUT2D eigenvalue weighted by Crippen LogP contribution is -2.50. The number of nitrogens with zero attached hydrogens (tertiary/aromatic N) is 5. The molecule has 0 N–H and O–H groups in total. The number of aromatic nitrogens is 4. The summed E-state index contributed by atoms with van der Waals surface area (Å²) in [4.78, 5) is 46.1. The highest BCUT2D eigenvalue weighted by atomic mass is 35.5. The lowest BCUT2D eigenvalue weighted by Gasteiger charge is -2.39. The van der Waals surface area contributed by atoms with Crippen molar-refractivity contribution < 1.29 is 14.3 Å². The summed E-state index contributed by atoms with van der Waals surface area (Å²) in [6, 6.07) is 7.91. The van der Waals surface area contributed by atoms with Crippen LogP contribution in [0.2, 0.25) is 5.02 Å². The number of rotatable bonds is 3. The number of carbonyl (C=O) groups excluding carboxylic acids is 2. The van der Waals surface area contributed by atoms with E-state index in [0.717, 1.165) is 16.6 Å². The zero-order valence-electron chi connectivity index (χ0n) is 22.2. The van der Waals surface area contributed by atoms with E-state index in [1.54, 1.807) is 58.5 Å². The summed E-state index contributed by atoms with van der Waals surface area (Å²) in [6.45, 7) is 11.4. The van der Waals surface area contributed by atoms with E-state index in [1.165, 1.54) is 9.13 Å². The number of carbonyl (C=O) groups is 2. The Morgan fingerprint density at radius 1 is 1.16 bits per heavy atom. The van der Waals surface area contributed by atoms with Crippen molar-refractivity contribution in [3.05, 3.63) is 81.4 Å². The Balaban J connectivity index is 1.56. The topological polar surface area (TPSA) is 91.4 Å². The largest absolute Gasteiger partial charge is 0.443 e. The van der Waals surface area contributed by atoms with Crippen molar-refractivity contribution in [2.45, 2.75) is 65.8 Å². The van der Waals surface area contributed by atoms with Gasteiger partial charge in [-0.25, -0.2) is 9.78 Å². The molecule has 10 heteroatoms. The van der Waals surface area contributed by atoms with Crippen LogP contribution in [0.25, 0.3) is 16.6 Å². The van der Waals surface area contributed by atoms with Crippen LogP contribution in [-0.4, -0.2) is 47.2 Å². The number of halogens is 1. The maximum atomic E-state index is 13.8. The van der Waals surface area contributed by atoms with Gasteiger partial charge in [-0.3, -0.25) is 14.2 Å². The van der Waals surface area contributed by atoms with Crippen LogP contribution in [0.15, 0.2) is 53.8 Å². The molecular weight excluding hydrogens is 506 g/mol. The first-order chi connectivity index (χ1) is 17.9. The molecule has 198 valence electrons. The van der Waals surface area contributed by atoms with Gasteiger partial charge in [-0.15, -0.1) is 0 Å². The molecule has 2 atom stereocenters. The van der Waals surface area contributed by atoms with E-state index in [2.05, 4.69) is 4.98 Å². The highest BCUT2D eigenvalue weighted by molar-refractivity contribution is 6.31. The lowest BCUT2D eigenvalue weighted by atomic mass is 10.0. The maximum absolute atomic E-state index is 13.8.